The number of nitrogens with zero attached hydrogens (tertiary/aromatic N) is 1. The van der Waals surface area contributed by atoms with E-state index in [1.165, 1.54) is 12.8 Å². The Bertz CT molecular complexity index is 561. The standard InChI is InChI=1S/C19H26N2O3/c22-19(21-11-12-23-13-17(21)14-9-10-14)20-16-7-4-8-18(16)24-15-5-2-1-3-6-15/h1-3,5-6,14,16-18H,4,7-13H2,(H,20,22). The summed E-state index contributed by atoms with van der Waals surface area (Å²) in [5.41, 5.74) is 0. The van der Waals surface area contributed by atoms with Gasteiger partial charge in [0.2, 0.25) is 0 Å². The van der Waals surface area contributed by atoms with Crippen molar-refractivity contribution in [1.29, 1.82) is 0 Å². The zero-order chi connectivity index (χ0) is 16.4. The van der Waals surface area contributed by atoms with Gasteiger partial charge in [-0.3, -0.25) is 0 Å². The van der Waals surface area contributed by atoms with Crippen molar-refractivity contribution in [2.24, 2.45) is 5.92 Å². The Kier molecular flexibility index (Phi) is 4.60. The fraction of sp³-hybridized carbons (Fsp3) is 0.632. The summed E-state index contributed by atoms with van der Waals surface area (Å²) in [5.74, 6) is 1.52. The van der Waals surface area contributed by atoms with Crippen molar-refractivity contribution in [1.82, 2.24) is 10.2 Å². The molecule has 2 amide bonds. The summed E-state index contributed by atoms with van der Waals surface area (Å²) in [4.78, 5) is 14.8. The lowest BCUT2D eigenvalue weighted by Gasteiger charge is -2.37. The predicted octanol–water partition coefficient (Wildman–Crippen LogP) is 2.81. The lowest BCUT2D eigenvalue weighted by atomic mass is 10.1. The van der Waals surface area contributed by atoms with Crippen LogP contribution in [0.25, 0.3) is 0 Å². The average molecular weight is 330 g/mol. The lowest BCUT2D eigenvalue weighted by molar-refractivity contribution is 0.00338. The van der Waals surface area contributed by atoms with Gasteiger partial charge < -0.3 is 19.7 Å². The number of para-hydroxylation sites is 1. The lowest BCUT2D eigenvalue weighted by Crippen LogP contribution is -2.56. The minimum atomic E-state index is 0.0590. The van der Waals surface area contributed by atoms with Gasteiger partial charge in [-0.2, -0.15) is 0 Å². The van der Waals surface area contributed by atoms with E-state index >= 15 is 0 Å². The molecule has 0 radical (unpaired) electrons. The van der Waals surface area contributed by atoms with E-state index in [1.54, 1.807) is 0 Å². The molecule has 2 aliphatic carbocycles. The van der Waals surface area contributed by atoms with Crippen LogP contribution in [0.1, 0.15) is 32.1 Å². The molecule has 24 heavy (non-hydrogen) atoms. The molecule has 3 fully saturated rings. The van der Waals surface area contributed by atoms with E-state index in [1.807, 2.05) is 35.2 Å². The number of hydrogen-bond donors (Lipinski definition) is 1. The van der Waals surface area contributed by atoms with Crippen molar-refractivity contribution < 1.29 is 14.3 Å². The maximum Gasteiger partial charge on any atom is 0.318 e. The normalized spacial score (nSPS) is 30.2. The van der Waals surface area contributed by atoms with E-state index in [9.17, 15) is 4.79 Å². The number of hydrogen-bond acceptors (Lipinski definition) is 3. The molecule has 130 valence electrons. The third-order valence-corrected chi connectivity index (χ3v) is 5.38. The minimum Gasteiger partial charge on any atom is -0.488 e. The summed E-state index contributed by atoms with van der Waals surface area (Å²) in [5, 5.41) is 3.24. The molecule has 0 spiro atoms. The van der Waals surface area contributed by atoms with Crippen molar-refractivity contribution in [3.8, 4) is 5.75 Å². The largest absolute Gasteiger partial charge is 0.488 e. The number of urea groups is 1. The molecular formula is C19H26N2O3. The van der Waals surface area contributed by atoms with Crippen LogP contribution in [0.15, 0.2) is 30.3 Å². The monoisotopic (exact) mass is 330 g/mol. The summed E-state index contributed by atoms with van der Waals surface area (Å²) in [7, 11) is 0. The van der Waals surface area contributed by atoms with Gasteiger partial charge in [-0.05, 0) is 50.2 Å². The highest BCUT2D eigenvalue weighted by Gasteiger charge is 2.40. The molecule has 0 bridgehead atoms. The highest BCUT2D eigenvalue weighted by molar-refractivity contribution is 5.75. The number of carbonyl (C=O) groups excluding carboxylic acids is 1. The Morgan fingerprint density at radius 2 is 2.00 bits per heavy atom. The maximum atomic E-state index is 12.8. The number of ether oxygens (including phenoxy) is 2. The van der Waals surface area contributed by atoms with Gasteiger partial charge in [0.1, 0.15) is 11.9 Å². The van der Waals surface area contributed by atoms with Crippen LogP contribution < -0.4 is 10.1 Å². The smallest absolute Gasteiger partial charge is 0.318 e. The Hall–Kier alpha value is -1.75. The predicted molar refractivity (Wildman–Crippen MR) is 91.1 cm³/mol. The van der Waals surface area contributed by atoms with Crippen molar-refractivity contribution in [3.63, 3.8) is 0 Å². The molecule has 1 N–H and O–H groups in total. The van der Waals surface area contributed by atoms with E-state index in [0.29, 0.717) is 25.7 Å². The van der Waals surface area contributed by atoms with Gasteiger partial charge in [0.15, 0.2) is 0 Å². The molecule has 1 aromatic carbocycles. The molecule has 3 aliphatic rings. The molecular weight excluding hydrogens is 304 g/mol. The van der Waals surface area contributed by atoms with Crippen LogP contribution in [0, 0.1) is 5.92 Å². The zero-order valence-electron chi connectivity index (χ0n) is 14.0. The average Bonchev–Trinajstić information content (AvgIpc) is 3.38. The molecule has 1 heterocycles. The Labute approximate surface area is 143 Å². The highest BCUT2D eigenvalue weighted by atomic mass is 16.5. The van der Waals surface area contributed by atoms with Gasteiger partial charge in [0, 0.05) is 6.54 Å². The topological polar surface area (TPSA) is 50.8 Å². The highest BCUT2D eigenvalue weighted by Crippen LogP contribution is 2.36. The number of carbonyl (C=O) groups is 1. The summed E-state index contributed by atoms with van der Waals surface area (Å²) in [6.45, 7) is 2.03. The van der Waals surface area contributed by atoms with Crippen molar-refractivity contribution in [2.45, 2.75) is 50.3 Å². The molecule has 1 saturated heterocycles. The van der Waals surface area contributed by atoms with Crippen molar-refractivity contribution in [2.75, 3.05) is 19.8 Å². The van der Waals surface area contributed by atoms with Crippen LogP contribution in [-0.4, -0.2) is 48.9 Å². The van der Waals surface area contributed by atoms with E-state index in [4.69, 9.17) is 9.47 Å². The SMILES string of the molecule is O=C(NC1CCCC1Oc1ccccc1)N1CCOCC1C1CC1. The van der Waals surface area contributed by atoms with Crippen LogP contribution >= 0.6 is 0 Å². The second-order valence-corrected chi connectivity index (χ2v) is 7.13. The van der Waals surface area contributed by atoms with Gasteiger partial charge in [0.05, 0.1) is 25.3 Å². The minimum absolute atomic E-state index is 0.0590. The van der Waals surface area contributed by atoms with E-state index < -0.39 is 0 Å². The third-order valence-electron chi connectivity index (χ3n) is 5.38. The number of morpholine rings is 1. The number of rotatable bonds is 4. The molecule has 1 aromatic rings. The molecule has 2 saturated carbocycles. The van der Waals surface area contributed by atoms with Crippen LogP contribution in [0.5, 0.6) is 5.75 Å². The summed E-state index contributed by atoms with van der Waals surface area (Å²) < 4.78 is 11.7. The first-order valence-electron chi connectivity index (χ1n) is 9.18. The Morgan fingerprint density at radius 1 is 1.17 bits per heavy atom. The fourth-order valence-corrected chi connectivity index (χ4v) is 3.89. The van der Waals surface area contributed by atoms with E-state index in [-0.39, 0.29) is 24.2 Å². The molecule has 5 nitrogen and oxygen atoms in total. The molecule has 0 aromatic heterocycles. The zero-order valence-corrected chi connectivity index (χ0v) is 14.0. The van der Waals surface area contributed by atoms with Gasteiger partial charge >= 0.3 is 6.03 Å². The van der Waals surface area contributed by atoms with E-state index in [2.05, 4.69) is 5.32 Å². The van der Waals surface area contributed by atoms with E-state index in [0.717, 1.165) is 25.0 Å². The van der Waals surface area contributed by atoms with Gasteiger partial charge in [-0.25, -0.2) is 4.79 Å². The summed E-state index contributed by atoms with van der Waals surface area (Å²) in [6.07, 6.45) is 5.59. The van der Waals surface area contributed by atoms with Gasteiger partial charge in [-0.15, -0.1) is 0 Å². The first-order valence-corrected chi connectivity index (χ1v) is 9.18. The Morgan fingerprint density at radius 3 is 2.79 bits per heavy atom. The Balaban J connectivity index is 1.37. The molecule has 3 unspecified atom stereocenters. The van der Waals surface area contributed by atoms with Crippen LogP contribution in [-0.2, 0) is 4.74 Å². The molecule has 1 aliphatic heterocycles. The van der Waals surface area contributed by atoms with Crippen LogP contribution in [0.2, 0.25) is 0 Å². The first-order chi connectivity index (χ1) is 11.8. The molecule has 5 heteroatoms. The van der Waals surface area contributed by atoms with Gasteiger partial charge in [-0.1, -0.05) is 18.2 Å². The van der Waals surface area contributed by atoms with Crippen molar-refractivity contribution in [3.05, 3.63) is 30.3 Å². The maximum absolute atomic E-state index is 12.8. The second-order valence-electron chi connectivity index (χ2n) is 7.13. The summed E-state index contributed by atoms with van der Waals surface area (Å²) in [6, 6.07) is 10.3. The molecule has 4 rings (SSSR count). The quantitative estimate of drug-likeness (QED) is 0.923. The molecule has 3 atom stereocenters. The van der Waals surface area contributed by atoms with Crippen molar-refractivity contribution >= 4 is 6.03 Å². The van der Waals surface area contributed by atoms with Crippen LogP contribution in [0.3, 0.4) is 0 Å². The van der Waals surface area contributed by atoms with Crippen LogP contribution in [0.4, 0.5) is 4.79 Å². The third kappa shape index (κ3) is 3.51. The summed E-state index contributed by atoms with van der Waals surface area (Å²) >= 11 is 0. The van der Waals surface area contributed by atoms with Gasteiger partial charge in [0.25, 0.3) is 0 Å². The number of amides is 2. The fourth-order valence-electron chi connectivity index (χ4n) is 3.89. The first kappa shape index (κ1) is 15.8. The second kappa shape index (κ2) is 7.01. The number of benzene rings is 1. The number of nitrogens with one attached hydrogen (secondary N) is 1.